The molecule has 1 aliphatic carbocycles. The number of nitrogens with one attached hydrogen (secondary N) is 1. The molecule has 0 aromatic rings. The molecule has 48 heavy (non-hydrogen) atoms. The largest absolute Gasteiger partial charge is 0.472 e. The highest BCUT2D eigenvalue weighted by Gasteiger charge is 2.51. The van der Waals surface area contributed by atoms with Crippen molar-refractivity contribution in [3.8, 4) is 0 Å². The Labute approximate surface area is 288 Å². The minimum atomic E-state index is -5.08. The molecule has 0 bridgehead atoms. The molecule has 0 aromatic heterocycles. The van der Waals surface area contributed by atoms with Crippen LogP contribution in [0.5, 0.6) is 0 Å². The number of hydrogen-bond acceptors (Lipinski definition) is 11. The molecular formula is C34H68NO12P. The molecule has 286 valence electrons. The van der Waals surface area contributed by atoms with Crippen molar-refractivity contribution in [2.45, 2.75) is 204 Å². The van der Waals surface area contributed by atoms with Crippen LogP contribution in [-0.2, 0) is 18.4 Å². The van der Waals surface area contributed by atoms with E-state index in [0.717, 1.165) is 38.5 Å². The first kappa shape index (κ1) is 45.3. The van der Waals surface area contributed by atoms with E-state index in [1.54, 1.807) is 0 Å². The first-order valence-electron chi connectivity index (χ1n) is 18.6. The van der Waals surface area contributed by atoms with E-state index in [9.17, 15) is 50.0 Å². The highest BCUT2D eigenvalue weighted by molar-refractivity contribution is 7.47. The van der Waals surface area contributed by atoms with Crippen LogP contribution in [0.25, 0.3) is 0 Å². The summed E-state index contributed by atoms with van der Waals surface area (Å²) in [6.07, 6.45) is 7.34. The minimum absolute atomic E-state index is 0.220. The molecule has 0 saturated heterocycles. The number of carbonyl (C=O) groups excluding carboxylic acids is 1. The van der Waals surface area contributed by atoms with E-state index in [1.807, 2.05) is 6.92 Å². The van der Waals surface area contributed by atoms with Gasteiger partial charge in [0.05, 0.1) is 31.3 Å². The molecular weight excluding hydrogens is 645 g/mol. The lowest BCUT2D eigenvalue weighted by Gasteiger charge is -2.41. The van der Waals surface area contributed by atoms with Crippen LogP contribution in [0, 0.1) is 0 Å². The Morgan fingerprint density at radius 2 is 1.04 bits per heavy atom. The predicted octanol–water partition coefficient (Wildman–Crippen LogP) is 3.75. The molecule has 0 heterocycles. The Morgan fingerprint density at radius 3 is 1.52 bits per heavy atom. The zero-order valence-electron chi connectivity index (χ0n) is 29.4. The van der Waals surface area contributed by atoms with Crippen LogP contribution in [0.4, 0.5) is 0 Å². The number of phosphoric ester groups is 1. The smallest absolute Gasteiger partial charge is 0.393 e. The number of aliphatic hydroxyl groups excluding tert-OH is 7. The average molecular weight is 714 g/mol. The van der Waals surface area contributed by atoms with Gasteiger partial charge in [0.15, 0.2) is 0 Å². The number of rotatable bonds is 29. The predicted molar refractivity (Wildman–Crippen MR) is 183 cm³/mol. The number of unbranched alkanes of at least 4 members (excludes halogenated alkanes) is 16. The van der Waals surface area contributed by atoms with Crippen LogP contribution >= 0.6 is 7.82 Å². The van der Waals surface area contributed by atoms with Gasteiger partial charge in [-0.3, -0.25) is 13.8 Å². The molecule has 0 aromatic carbocycles. The van der Waals surface area contributed by atoms with Crippen molar-refractivity contribution in [3.63, 3.8) is 0 Å². The van der Waals surface area contributed by atoms with Crippen LogP contribution < -0.4 is 5.32 Å². The molecule has 1 saturated carbocycles. The maximum Gasteiger partial charge on any atom is 0.472 e. The molecule has 0 spiro atoms. The van der Waals surface area contributed by atoms with E-state index in [4.69, 9.17) is 9.05 Å². The highest BCUT2D eigenvalue weighted by atomic mass is 31.2. The third-order valence-corrected chi connectivity index (χ3v) is 10.2. The molecule has 8 atom stereocenters. The zero-order valence-corrected chi connectivity index (χ0v) is 30.3. The van der Waals surface area contributed by atoms with E-state index in [0.29, 0.717) is 12.8 Å². The number of amides is 1. The summed E-state index contributed by atoms with van der Waals surface area (Å²) in [5.74, 6) is -0.571. The van der Waals surface area contributed by atoms with Crippen molar-refractivity contribution in [1.82, 2.24) is 5.32 Å². The van der Waals surface area contributed by atoms with Crippen molar-refractivity contribution in [1.29, 1.82) is 0 Å². The van der Waals surface area contributed by atoms with Crippen molar-refractivity contribution in [3.05, 3.63) is 0 Å². The van der Waals surface area contributed by atoms with Gasteiger partial charge >= 0.3 is 7.82 Å². The second-order valence-corrected chi connectivity index (χ2v) is 15.0. The van der Waals surface area contributed by atoms with Gasteiger partial charge in [-0.2, -0.15) is 0 Å². The summed E-state index contributed by atoms with van der Waals surface area (Å²) in [7, 11) is -5.08. The van der Waals surface area contributed by atoms with E-state index in [2.05, 4.69) is 12.2 Å². The summed E-state index contributed by atoms with van der Waals surface area (Å²) in [5.41, 5.74) is 0. The summed E-state index contributed by atoms with van der Waals surface area (Å²) >= 11 is 0. The van der Waals surface area contributed by atoms with Crippen LogP contribution in [-0.4, -0.2) is 108 Å². The number of phosphoric acid groups is 1. The molecule has 8 unspecified atom stereocenters. The number of carbonyl (C=O) groups is 1. The summed E-state index contributed by atoms with van der Waals surface area (Å²) in [6, 6.07) is -1.14. The summed E-state index contributed by atoms with van der Waals surface area (Å²) in [6.45, 7) is 3.54. The van der Waals surface area contributed by atoms with Crippen molar-refractivity contribution in [2.75, 3.05) is 6.61 Å². The minimum Gasteiger partial charge on any atom is -0.393 e. The molecule has 1 rings (SSSR count). The van der Waals surface area contributed by atoms with Gasteiger partial charge in [-0.1, -0.05) is 129 Å². The fourth-order valence-electron chi connectivity index (χ4n) is 6.07. The van der Waals surface area contributed by atoms with Gasteiger partial charge in [0, 0.05) is 0 Å². The summed E-state index contributed by atoms with van der Waals surface area (Å²) in [4.78, 5) is 23.0. The Kier molecular flexibility index (Phi) is 24.7. The normalized spacial score (nSPS) is 26.1. The standard InChI is InChI=1S/C34H68NO12P/c1-3-5-7-8-9-10-11-12-13-14-15-16-17-18-20-21-25(36)23-28(38)35-26(27(37)22-19-6-4-2)24-46-48(44,45)47-34-32(42)30(40)29(39)31(41)33(34)43/h25-27,29-34,36-37,39-43H,3-24H2,1-2H3,(H,35,38)(H,44,45). The fourth-order valence-corrected chi connectivity index (χ4v) is 7.03. The van der Waals surface area contributed by atoms with Crippen LogP contribution in [0.15, 0.2) is 0 Å². The molecule has 1 fully saturated rings. The Bertz CT molecular complexity index is 854. The molecule has 9 N–H and O–H groups in total. The lowest BCUT2D eigenvalue weighted by atomic mass is 9.85. The Hall–Kier alpha value is -0.700. The van der Waals surface area contributed by atoms with E-state index < -0.39 is 75.2 Å². The monoisotopic (exact) mass is 713 g/mol. The number of aliphatic hydroxyl groups is 7. The summed E-state index contributed by atoms with van der Waals surface area (Å²) in [5, 5.41) is 73.4. The summed E-state index contributed by atoms with van der Waals surface area (Å²) < 4.78 is 22.5. The SMILES string of the molecule is CCCCCCCCCCCCCCCCCC(O)CC(=O)NC(COP(=O)(O)OC1C(O)C(O)C(O)C(O)C1O)C(O)CCCCC. The average Bonchev–Trinajstić information content (AvgIpc) is 3.05. The van der Waals surface area contributed by atoms with Crippen molar-refractivity contribution >= 4 is 13.7 Å². The fraction of sp³-hybridized carbons (Fsp3) is 0.971. The van der Waals surface area contributed by atoms with Crippen LogP contribution in [0.3, 0.4) is 0 Å². The van der Waals surface area contributed by atoms with Crippen LogP contribution in [0.2, 0.25) is 0 Å². The van der Waals surface area contributed by atoms with Gasteiger partial charge in [0.1, 0.15) is 36.6 Å². The first-order valence-corrected chi connectivity index (χ1v) is 20.1. The third-order valence-electron chi connectivity index (χ3n) is 9.22. The number of hydrogen-bond donors (Lipinski definition) is 9. The first-order chi connectivity index (χ1) is 22.8. The molecule has 1 aliphatic rings. The van der Waals surface area contributed by atoms with E-state index in [1.165, 1.54) is 70.6 Å². The maximum atomic E-state index is 12.7. The van der Waals surface area contributed by atoms with Gasteiger partial charge in [-0.05, 0) is 12.8 Å². The van der Waals surface area contributed by atoms with E-state index >= 15 is 0 Å². The molecule has 1 amide bonds. The van der Waals surface area contributed by atoms with Gasteiger partial charge in [0.25, 0.3) is 0 Å². The van der Waals surface area contributed by atoms with Crippen LogP contribution in [0.1, 0.15) is 149 Å². The lowest BCUT2D eigenvalue weighted by Crippen LogP contribution is -2.64. The van der Waals surface area contributed by atoms with Crippen molar-refractivity contribution < 1.29 is 59.0 Å². The molecule has 0 radical (unpaired) electrons. The highest BCUT2D eigenvalue weighted by Crippen LogP contribution is 2.47. The quantitative estimate of drug-likeness (QED) is 0.0399. The maximum absolute atomic E-state index is 12.7. The van der Waals surface area contributed by atoms with Gasteiger partial charge in [-0.15, -0.1) is 0 Å². The van der Waals surface area contributed by atoms with Gasteiger partial charge < -0.3 is 46.0 Å². The second kappa shape index (κ2) is 26.1. The zero-order chi connectivity index (χ0) is 36.0. The molecule has 13 nitrogen and oxygen atoms in total. The third kappa shape index (κ3) is 19.1. The topological polar surface area (TPSA) is 226 Å². The molecule has 0 aliphatic heterocycles. The van der Waals surface area contributed by atoms with Crippen molar-refractivity contribution in [2.24, 2.45) is 0 Å². The lowest BCUT2D eigenvalue weighted by molar-refractivity contribution is -0.220. The van der Waals surface area contributed by atoms with Gasteiger partial charge in [-0.25, -0.2) is 4.57 Å². The Morgan fingerprint density at radius 1 is 0.646 bits per heavy atom. The van der Waals surface area contributed by atoms with Gasteiger partial charge in [0.2, 0.25) is 5.91 Å². The Balaban J connectivity index is 2.42. The second-order valence-electron chi connectivity index (χ2n) is 13.6. The van der Waals surface area contributed by atoms with E-state index in [-0.39, 0.29) is 12.8 Å². The molecule has 14 heteroatoms.